The Morgan fingerprint density at radius 3 is 2.40 bits per heavy atom. The molecule has 0 aliphatic carbocycles. The Labute approximate surface area is 174 Å². The number of carbonyl (C=O) groups is 1. The van der Waals surface area contributed by atoms with Crippen LogP contribution in [0.5, 0.6) is 5.75 Å². The molecule has 1 N–H and O–H groups in total. The number of nitrogens with zero attached hydrogens (tertiary/aromatic N) is 2. The smallest absolute Gasteiger partial charge is 0.255 e. The van der Waals surface area contributed by atoms with Crippen molar-refractivity contribution in [1.82, 2.24) is 10.2 Å². The molecule has 6 heteroatoms. The van der Waals surface area contributed by atoms with Crippen molar-refractivity contribution < 1.29 is 13.9 Å². The standard InChI is InChI=1S/C24H21N3O3/c1-15-7-8-19(23(28)25-20-5-4-6-21(14-20)29-3)13-22(15)17-9-11-18(12-10-17)24-27-26-16(2)30-24/h4-14H,1-3H3,(H,25,28). The molecule has 150 valence electrons. The van der Waals surface area contributed by atoms with Crippen molar-refractivity contribution in [3.8, 4) is 28.3 Å². The Kier molecular flexibility index (Phi) is 5.30. The van der Waals surface area contributed by atoms with Gasteiger partial charge in [0.05, 0.1) is 7.11 Å². The van der Waals surface area contributed by atoms with Gasteiger partial charge in [-0.25, -0.2) is 0 Å². The van der Waals surface area contributed by atoms with E-state index in [1.807, 2.05) is 67.6 Å². The molecule has 6 nitrogen and oxygen atoms in total. The van der Waals surface area contributed by atoms with Crippen LogP contribution in [0.15, 0.2) is 71.1 Å². The molecule has 0 saturated heterocycles. The minimum absolute atomic E-state index is 0.178. The summed E-state index contributed by atoms with van der Waals surface area (Å²) in [6, 6.07) is 20.8. The maximum Gasteiger partial charge on any atom is 0.255 e. The van der Waals surface area contributed by atoms with Crippen LogP contribution in [-0.4, -0.2) is 23.2 Å². The molecular formula is C24H21N3O3. The molecule has 1 aromatic heterocycles. The van der Waals surface area contributed by atoms with E-state index in [1.165, 1.54) is 0 Å². The maximum atomic E-state index is 12.8. The van der Waals surface area contributed by atoms with Gasteiger partial charge in [0.2, 0.25) is 11.8 Å². The average Bonchev–Trinajstić information content (AvgIpc) is 3.20. The van der Waals surface area contributed by atoms with Crippen molar-refractivity contribution in [1.29, 1.82) is 0 Å². The highest BCUT2D eigenvalue weighted by Gasteiger charge is 2.12. The van der Waals surface area contributed by atoms with E-state index in [2.05, 4.69) is 15.5 Å². The van der Waals surface area contributed by atoms with Crippen molar-refractivity contribution in [2.24, 2.45) is 0 Å². The van der Waals surface area contributed by atoms with E-state index in [0.29, 0.717) is 28.8 Å². The molecule has 0 saturated carbocycles. The fourth-order valence-electron chi connectivity index (χ4n) is 3.18. The van der Waals surface area contributed by atoms with Crippen LogP contribution in [0.25, 0.3) is 22.6 Å². The van der Waals surface area contributed by atoms with Crippen LogP contribution < -0.4 is 10.1 Å². The minimum Gasteiger partial charge on any atom is -0.497 e. The summed E-state index contributed by atoms with van der Waals surface area (Å²) >= 11 is 0. The number of ether oxygens (including phenoxy) is 1. The first kappa shape index (κ1) is 19.4. The van der Waals surface area contributed by atoms with E-state index in [-0.39, 0.29) is 5.91 Å². The highest BCUT2D eigenvalue weighted by molar-refractivity contribution is 6.05. The topological polar surface area (TPSA) is 77.2 Å². The highest BCUT2D eigenvalue weighted by Crippen LogP contribution is 2.28. The van der Waals surface area contributed by atoms with Crippen molar-refractivity contribution >= 4 is 11.6 Å². The molecule has 0 radical (unpaired) electrons. The molecule has 0 fully saturated rings. The fraction of sp³-hybridized carbons (Fsp3) is 0.125. The Balaban J connectivity index is 1.59. The van der Waals surface area contributed by atoms with Gasteiger partial charge in [-0.15, -0.1) is 10.2 Å². The summed E-state index contributed by atoms with van der Waals surface area (Å²) in [6.45, 7) is 3.78. The molecule has 0 unspecified atom stereocenters. The van der Waals surface area contributed by atoms with Crippen molar-refractivity contribution in [3.05, 3.63) is 83.7 Å². The monoisotopic (exact) mass is 399 g/mol. The first-order chi connectivity index (χ1) is 14.5. The first-order valence-electron chi connectivity index (χ1n) is 9.50. The molecule has 4 aromatic rings. The summed E-state index contributed by atoms with van der Waals surface area (Å²) < 4.78 is 10.7. The SMILES string of the molecule is COc1cccc(NC(=O)c2ccc(C)c(-c3ccc(-c4nnc(C)o4)cc3)c2)c1. The molecule has 0 aliphatic rings. The second-order valence-electron chi connectivity index (χ2n) is 6.92. The number of benzene rings is 3. The number of carbonyl (C=O) groups excluding carboxylic acids is 1. The van der Waals surface area contributed by atoms with Gasteiger partial charge in [-0.3, -0.25) is 4.79 Å². The number of nitrogens with one attached hydrogen (secondary N) is 1. The van der Waals surface area contributed by atoms with Gasteiger partial charge in [0.1, 0.15) is 5.75 Å². The van der Waals surface area contributed by atoms with Gasteiger partial charge in [0.15, 0.2) is 0 Å². The molecule has 1 heterocycles. The second-order valence-corrected chi connectivity index (χ2v) is 6.92. The number of hydrogen-bond acceptors (Lipinski definition) is 5. The maximum absolute atomic E-state index is 12.8. The lowest BCUT2D eigenvalue weighted by atomic mass is 9.97. The Morgan fingerprint density at radius 1 is 0.933 bits per heavy atom. The van der Waals surface area contributed by atoms with Crippen LogP contribution in [-0.2, 0) is 0 Å². The summed E-state index contributed by atoms with van der Waals surface area (Å²) in [7, 11) is 1.60. The Bertz CT molecular complexity index is 1200. The van der Waals surface area contributed by atoms with Crippen molar-refractivity contribution in [2.45, 2.75) is 13.8 Å². The zero-order valence-electron chi connectivity index (χ0n) is 17.0. The normalized spacial score (nSPS) is 10.6. The zero-order chi connectivity index (χ0) is 21.1. The highest BCUT2D eigenvalue weighted by atomic mass is 16.5. The third kappa shape index (κ3) is 4.07. The van der Waals surface area contributed by atoms with Gasteiger partial charge < -0.3 is 14.5 Å². The lowest BCUT2D eigenvalue weighted by molar-refractivity contribution is 0.102. The number of aryl methyl sites for hydroxylation is 2. The van der Waals surface area contributed by atoms with E-state index in [4.69, 9.17) is 9.15 Å². The summed E-state index contributed by atoms with van der Waals surface area (Å²) in [5.41, 5.74) is 5.18. The van der Waals surface area contributed by atoms with E-state index in [1.54, 1.807) is 20.1 Å². The number of methoxy groups -OCH3 is 1. The number of hydrogen-bond donors (Lipinski definition) is 1. The first-order valence-corrected chi connectivity index (χ1v) is 9.50. The van der Waals surface area contributed by atoms with Crippen LogP contribution >= 0.6 is 0 Å². The quantitative estimate of drug-likeness (QED) is 0.494. The van der Waals surface area contributed by atoms with Crippen LogP contribution in [0.3, 0.4) is 0 Å². The van der Waals surface area contributed by atoms with Crippen LogP contribution in [0, 0.1) is 13.8 Å². The van der Waals surface area contributed by atoms with Crippen LogP contribution in [0.2, 0.25) is 0 Å². The number of anilines is 1. The van der Waals surface area contributed by atoms with Gasteiger partial charge in [-0.05, 0) is 60.0 Å². The second kappa shape index (κ2) is 8.21. The van der Waals surface area contributed by atoms with Gasteiger partial charge in [0, 0.05) is 29.8 Å². The largest absolute Gasteiger partial charge is 0.497 e. The predicted molar refractivity (Wildman–Crippen MR) is 116 cm³/mol. The van der Waals surface area contributed by atoms with E-state index >= 15 is 0 Å². The molecule has 0 atom stereocenters. The molecule has 0 spiro atoms. The minimum atomic E-state index is -0.178. The Morgan fingerprint density at radius 2 is 1.70 bits per heavy atom. The molecule has 3 aromatic carbocycles. The summed E-state index contributed by atoms with van der Waals surface area (Å²) in [5.74, 6) is 1.53. The molecule has 30 heavy (non-hydrogen) atoms. The number of amides is 1. The Hall–Kier alpha value is -3.93. The third-order valence-corrected chi connectivity index (χ3v) is 4.80. The number of rotatable bonds is 5. The van der Waals surface area contributed by atoms with Gasteiger partial charge in [-0.1, -0.05) is 24.3 Å². The number of aromatic nitrogens is 2. The van der Waals surface area contributed by atoms with E-state index in [0.717, 1.165) is 22.3 Å². The molecule has 0 aliphatic heterocycles. The van der Waals surface area contributed by atoms with E-state index in [9.17, 15) is 4.79 Å². The van der Waals surface area contributed by atoms with Gasteiger partial charge in [-0.2, -0.15) is 0 Å². The van der Waals surface area contributed by atoms with Crippen LogP contribution in [0.4, 0.5) is 5.69 Å². The summed E-state index contributed by atoms with van der Waals surface area (Å²) in [4.78, 5) is 12.8. The zero-order valence-corrected chi connectivity index (χ0v) is 17.0. The third-order valence-electron chi connectivity index (χ3n) is 4.80. The molecule has 4 rings (SSSR count). The summed E-state index contributed by atoms with van der Waals surface area (Å²) in [5, 5.41) is 10.8. The van der Waals surface area contributed by atoms with Gasteiger partial charge in [0.25, 0.3) is 5.91 Å². The van der Waals surface area contributed by atoms with Gasteiger partial charge >= 0.3 is 0 Å². The van der Waals surface area contributed by atoms with Crippen molar-refractivity contribution in [3.63, 3.8) is 0 Å². The summed E-state index contributed by atoms with van der Waals surface area (Å²) in [6.07, 6.45) is 0. The average molecular weight is 399 g/mol. The lowest BCUT2D eigenvalue weighted by Gasteiger charge is -2.11. The predicted octanol–water partition coefficient (Wildman–Crippen LogP) is 5.28. The fourth-order valence-corrected chi connectivity index (χ4v) is 3.18. The van der Waals surface area contributed by atoms with E-state index < -0.39 is 0 Å². The molecule has 1 amide bonds. The lowest BCUT2D eigenvalue weighted by Crippen LogP contribution is -2.12. The van der Waals surface area contributed by atoms with Crippen LogP contribution in [0.1, 0.15) is 21.8 Å². The molecular weight excluding hydrogens is 378 g/mol. The molecule has 0 bridgehead atoms. The van der Waals surface area contributed by atoms with Crippen molar-refractivity contribution in [2.75, 3.05) is 12.4 Å².